The normalized spacial score (nSPS) is 11.4. The third-order valence-corrected chi connectivity index (χ3v) is 3.30. The Balaban J connectivity index is 3.03. The Morgan fingerprint density at radius 2 is 2.11 bits per heavy atom. The number of hydrogen-bond acceptors (Lipinski definition) is 3. The van der Waals surface area contributed by atoms with Crippen LogP contribution in [0.3, 0.4) is 0 Å². The van der Waals surface area contributed by atoms with E-state index in [4.69, 9.17) is 4.74 Å². The molecule has 106 valence electrons. The third kappa shape index (κ3) is 5.44. The number of carbonyl (C=O) groups excluding carboxylic acids is 1. The van der Waals surface area contributed by atoms with Crippen molar-refractivity contribution in [3.8, 4) is 5.75 Å². The molecule has 7 heteroatoms. The summed E-state index contributed by atoms with van der Waals surface area (Å²) in [4.78, 5) is 11.6. The average molecular weight is 357 g/mol. The van der Waals surface area contributed by atoms with Crippen molar-refractivity contribution >= 4 is 33.5 Å². The maximum absolute atomic E-state index is 12.4. The topological polar surface area (TPSA) is 26.3 Å². The molecule has 0 saturated heterocycles. The molecular weight excluding hydrogens is 345 g/mol. The zero-order valence-corrected chi connectivity index (χ0v) is 12.5. The molecule has 2 nitrogen and oxygen atoms in total. The Labute approximate surface area is 121 Å². The van der Waals surface area contributed by atoms with Gasteiger partial charge in [0.05, 0.1) is 11.5 Å². The molecule has 0 saturated carbocycles. The Bertz CT molecular complexity index is 449. The highest BCUT2D eigenvalue weighted by atomic mass is 79.9. The minimum Gasteiger partial charge on any atom is -0.493 e. The summed E-state index contributed by atoms with van der Waals surface area (Å²) >= 11 is 2.90. The SMILES string of the molecule is CCOc1cc(C(=O)CCBr)ccc1SC(F)(F)F. The highest BCUT2D eigenvalue weighted by Crippen LogP contribution is 2.41. The van der Waals surface area contributed by atoms with Gasteiger partial charge >= 0.3 is 5.51 Å². The van der Waals surface area contributed by atoms with Crippen molar-refractivity contribution in [1.29, 1.82) is 0 Å². The zero-order chi connectivity index (χ0) is 14.5. The lowest BCUT2D eigenvalue weighted by atomic mass is 10.1. The predicted molar refractivity (Wildman–Crippen MR) is 72.3 cm³/mol. The summed E-state index contributed by atoms with van der Waals surface area (Å²) in [7, 11) is 0. The second-order valence-electron chi connectivity index (χ2n) is 3.50. The third-order valence-electron chi connectivity index (χ3n) is 2.11. The Hall–Kier alpha value is -0.690. The van der Waals surface area contributed by atoms with Gasteiger partial charge in [-0.15, -0.1) is 0 Å². The van der Waals surface area contributed by atoms with Crippen molar-refractivity contribution < 1.29 is 22.7 Å². The average Bonchev–Trinajstić information content (AvgIpc) is 2.30. The van der Waals surface area contributed by atoms with E-state index in [9.17, 15) is 18.0 Å². The van der Waals surface area contributed by atoms with Crippen LogP contribution in [-0.2, 0) is 0 Å². The lowest BCUT2D eigenvalue weighted by Crippen LogP contribution is -2.04. The monoisotopic (exact) mass is 356 g/mol. The molecule has 0 aliphatic heterocycles. The van der Waals surface area contributed by atoms with E-state index >= 15 is 0 Å². The number of Topliss-reactive ketones (excluding diaryl/α,β-unsaturated/α-hetero) is 1. The maximum Gasteiger partial charge on any atom is 0.446 e. The molecular formula is C12H12BrF3O2S. The van der Waals surface area contributed by atoms with Gasteiger partial charge in [-0.05, 0) is 30.8 Å². The minimum atomic E-state index is -4.38. The second kappa shape index (κ2) is 7.19. The lowest BCUT2D eigenvalue weighted by molar-refractivity contribution is -0.0329. The fourth-order valence-electron chi connectivity index (χ4n) is 1.39. The van der Waals surface area contributed by atoms with Gasteiger partial charge in [-0.1, -0.05) is 22.0 Å². The van der Waals surface area contributed by atoms with Gasteiger partial charge < -0.3 is 4.74 Å². The van der Waals surface area contributed by atoms with Crippen LogP contribution in [0.1, 0.15) is 23.7 Å². The van der Waals surface area contributed by atoms with E-state index in [1.54, 1.807) is 6.92 Å². The molecule has 0 atom stereocenters. The molecule has 19 heavy (non-hydrogen) atoms. The van der Waals surface area contributed by atoms with Crippen molar-refractivity contribution in [2.75, 3.05) is 11.9 Å². The molecule has 0 aromatic heterocycles. The first-order chi connectivity index (χ1) is 8.87. The van der Waals surface area contributed by atoms with Crippen molar-refractivity contribution in [3.63, 3.8) is 0 Å². The van der Waals surface area contributed by atoms with Crippen molar-refractivity contribution in [2.24, 2.45) is 0 Å². The van der Waals surface area contributed by atoms with Gasteiger partial charge in [0.2, 0.25) is 0 Å². The Morgan fingerprint density at radius 3 is 2.63 bits per heavy atom. The van der Waals surface area contributed by atoms with Crippen LogP contribution in [-0.4, -0.2) is 23.2 Å². The minimum absolute atomic E-state index is 0.0373. The van der Waals surface area contributed by atoms with Crippen LogP contribution in [0, 0.1) is 0 Å². The molecule has 0 bridgehead atoms. The van der Waals surface area contributed by atoms with E-state index in [0.29, 0.717) is 10.9 Å². The smallest absolute Gasteiger partial charge is 0.446 e. The molecule has 0 heterocycles. The summed E-state index contributed by atoms with van der Waals surface area (Å²) < 4.78 is 42.3. The fourth-order valence-corrected chi connectivity index (χ4v) is 2.35. The summed E-state index contributed by atoms with van der Waals surface area (Å²) in [5.41, 5.74) is -4.03. The molecule has 0 aliphatic carbocycles. The number of rotatable bonds is 6. The number of carbonyl (C=O) groups is 1. The van der Waals surface area contributed by atoms with Crippen LogP contribution >= 0.6 is 27.7 Å². The van der Waals surface area contributed by atoms with Gasteiger partial charge in [-0.2, -0.15) is 13.2 Å². The predicted octanol–water partition coefficient (Wildman–Crippen LogP) is 4.66. The van der Waals surface area contributed by atoms with Crippen molar-refractivity contribution in [3.05, 3.63) is 23.8 Å². The van der Waals surface area contributed by atoms with Crippen LogP contribution in [0.25, 0.3) is 0 Å². The Morgan fingerprint density at radius 1 is 1.42 bits per heavy atom. The van der Waals surface area contributed by atoms with Crippen molar-refractivity contribution in [1.82, 2.24) is 0 Å². The number of halogens is 4. The van der Waals surface area contributed by atoms with Gasteiger partial charge in [0.25, 0.3) is 0 Å². The Kier molecular flexibility index (Phi) is 6.19. The summed E-state index contributed by atoms with van der Waals surface area (Å²) in [5, 5.41) is 0.509. The van der Waals surface area contributed by atoms with E-state index < -0.39 is 5.51 Å². The summed E-state index contributed by atoms with van der Waals surface area (Å²) in [6, 6.07) is 4.02. The maximum atomic E-state index is 12.4. The first-order valence-corrected chi connectivity index (χ1v) is 7.43. The molecule has 0 aliphatic rings. The standard InChI is InChI=1S/C12H12BrF3O2S/c1-2-18-10-7-8(9(17)5-6-13)3-4-11(10)19-12(14,15)16/h3-4,7H,2,5-6H2,1H3. The van der Waals surface area contributed by atoms with E-state index in [-0.39, 0.29) is 41.2 Å². The number of benzene rings is 1. The first kappa shape index (κ1) is 16.4. The van der Waals surface area contributed by atoms with Crippen LogP contribution in [0.2, 0.25) is 0 Å². The summed E-state index contributed by atoms with van der Waals surface area (Å²) in [6.45, 7) is 1.91. The van der Waals surface area contributed by atoms with Crippen LogP contribution < -0.4 is 4.74 Å². The molecule has 0 N–H and O–H groups in total. The lowest BCUT2D eigenvalue weighted by Gasteiger charge is -2.12. The van der Waals surface area contributed by atoms with Gasteiger partial charge in [0, 0.05) is 17.3 Å². The number of thioether (sulfide) groups is 1. The highest BCUT2D eigenvalue weighted by Gasteiger charge is 2.31. The molecule has 0 fully saturated rings. The largest absolute Gasteiger partial charge is 0.493 e. The van der Waals surface area contributed by atoms with Crippen molar-refractivity contribution in [2.45, 2.75) is 23.7 Å². The molecule has 1 aromatic carbocycles. The number of alkyl halides is 4. The number of ketones is 1. The molecule has 0 unspecified atom stereocenters. The quantitative estimate of drug-likeness (QED) is 0.421. The van der Waals surface area contributed by atoms with Gasteiger partial charge in [-0.25, -0.2) is 0 Å². The summed E-state index contributed by atoms with van der Waals surface area (Å²) in [5.74, 6) is -0.0494. The van der Waals surface area contributed by atoms with Gasteiger partial charge in [0.15, 0.2) is 5.78 Å². The molecule has 1 rings (SSSR count). The zero-order valence-electron chi connectivity index (χ0n) is 10.1. The van der Waals surface area contributed by atoms with Gasteiger partial charge in [-0.3, -0.25) is 4.79 Å². The summed E-state index contributed by atoms with van der Waals surface area (Å²) in [6.07, 6.45) is 0.289. The van der Waals surface area contributed by atoms with E-state index in [1.165, 1.54) is 18.2 Å². The highest BCUT2D eigenvalue weighted by molar-refractivity contribution is 9.09. The first-order valence-electron chi connectivity index (χ1n) is 5.49. The van der Waals surface area contributed by atoms with Crippen LogP contribution in [0.5, 0.6) is 5.75 Å². The molecule has 0 spiro atoms. The van der Waals surface area contributed by atoms with Crippen LogP contribution in [0.15, 0.2) is 23.1 Å². The molecule has 1 aromatic rings. The van der Waals surface area contributed by atoms with E-state index in [1.807, 2.05) is 0 Å². The van der Waals surface area contributed by atoms with E-state index in [2.05, 4.69) is 15.9 Å². The number of ether oxygens (including phenoxy) is 1. The second-order valence-corrected chi connectivity index (χ2v) is 5.40. The van der Waals surface area contributed by atoms with Crippen LogP contribution in [0.4, 0.5) is 13.2 Å². The molecule has 0 radical (unpaired) electrons. The van der Waals surface area contributed by atoms with Gasteiger partial charge in [0.1, 0.15) is 5.75 Å². The fraction of sp³-hybridized carbons (Fsp3) is 0.417. The molecule has 0 amide bonds. The number of hydrogen-bond donors (Lipinski definition) is 0. The van der Waals surface area contributed by atoms with E-state index in [0.717, 1.165) is 0 Å².